The number of carbonyl (C=O) groups excluding carboxylic acids is 1. The van der Waals surface area contributed by atoms with Crippen LogP contribution >= 0.6 is 0 Å². The van der Waals surface area contributed by atoms with E-state index in [1.165, 1.54) is 19.3 Å². The van der Waals surface area contributed by atoms with E-state index in [-0.39, 0.29) is 5.91 Å². The van der Waals surface area contributed by atoms with Gasteiger partial charge in [0.2, 0.25) is 0 Å². The van der Waals surface area contributed by atoms with E-state index in [4.69, 9.17) is 9.47 Å². The fourth-order valence-electron chi connectivity index (χ4n) is 3.29. The van der Waals surface area contributed by atoms with E-state index in [0.29, 0.717) is 23.7 Å². The van der Waals surface area contributed by atoms with Gasteiger partial charge in [0.05, 0.1) is 7.11 Å². The van der Waals surface area contributed by atoms with Gasteiger partial charge in [0, 0.05) is 37.8 Å². The smallest absolute Gasteiger partial charge is 0.254 e. The van der Waals surface area contributed by atoms with Crippen LogP contribution < -0.4 is 9.47 Å². The van der Waals surface area contributed by atoms with Gasteiger partial charge >= 0.3 is 0 Å². The van der Waals surface area contributed by atoms with E-state index in [9.17, 15) is 4.79 Å². The van der Waals surface area contributed by atoms with Crippen LogP contribution in [0.5, 0.6) is 11.5 Å². The number of hydrogen-bond donors (Lipinski definition) is 0. The van der Waals surface area contributed by atoms with Crippen molar-refractivity contribution in [2.75, 3.05) is 39.9 Å². The molecule has 1 aliphatic carbocycles. The normalized spacial score (nSPS) is 18.8. The van der Waals surface area contributed by atoms with Crippen molar-refractivity contribution in [1.82, 2.24) is 9.80 Å². The molecule has 1 aliphatic heterocycles. The Hall–Kier alpha value is -2.01. The quantitative estimate of drug-likeness (QED) is 0.752. The van der Waals surface area contributed by atoms with E-state index < -0.39 is 0 Å². The highest BCUT2D eigenvalue weighted by Crippen LogP contribution is 2.29. The second-order valence-electron chi connectivity index (χ2n) is 6.38. The molecule has 0 aromatic heterocycles. The molecular formula is C19H26N2O3. The summed E-state index contributed by atoms with van der Waals surface area (Å²) in [5, 5.41) is 0. The summed E-state index contributed by atoms with van der Waals surface area (Å²) in [6, 6.07) is 6.12. The molecule has 24 heavy (non-hydrogen) atoms. The number of carbonyl (C=O) groups is 1. The Labute approximate surface area is 143 Å². The average Bonchev–Trinajstić information content (AvgIpc) is 2.58. The van der Waals surface area contributed by atoms with Crippen molar-refractivity contribution in [2.24, 2.45) is 0 Å². The standard InChI is InChI=1S/C19H26N2O3/c1-3-13-24-17-8-7-15(14-18(17)23-2)19(22)21-11-9-20(10-12-21)16-5-4-6-16/h3,7-8,14,16H,1,4-6,9-13H2,2H3. The van der Waals surface area contributed by atoms with Crippen LogP contribution in [-0.4, -0.2) is 61.6 Å². The van der Waals surface area contributed by atoms with Gasteiger partial charge in [0.25, 0.3) is 5.91 Å². The van der Waals surface area contributed by atoms with Crippen molar-refractivity contribution in [1.29, 1.82) is 0 Å². The monoisotopic (exact) mass is 330 g/mol. The molecule has 1 aromatic carbocycles. The van der Waals surface area contributed by atoms with Crippen molar-refractivity contribution in [2.45, 2.75) is 25.3 Å². The van der Waals surface area contributed by atoms with Crippen molar-refractivity contribution < 1.29 is 14.3 Å². The predicted octanol–water partition coefficient (Wildman–Crippen LogP) is 2.57. The summed E-state index contributed by atoms with van der Waals surface area (Å²) >= 11 is 0. The molecule has 0 N–H and O–H groups in total. The Kier molecular flexibility index (Phi) is 5.41. The van der Waals surface area contributed by atoms with Crippen LogP contribution in [0.3, 0.4) is 0 Å². The molecule has 0 spiro atoms. The van der Waals surface area contributed by atoms with Crippen LogP contribution in [0.2, 0.25) is 0 Å². The zero-order valence-electron chi connectivity index (χ0n) is 14.4. The van der Waals surface area contributed by atoms with Crippen molar-refractivity contribution in [3.8, 4) is 11.5 Å². The lowest BCUT2D eigenvalue weighted by molar-refractivity contribution is 0.0455. The Morgan fingerprint density at radius 2 is 2.00 bits per heavy atom. The molecule has 2 fully saturated rings. The number of amides is 1. The highest BCUT2D eigenvalue weighted by molar-refractivity contribution is 5.95. The summed E-state index contributed by atoms with van der Waals surface area (Å²) in [5.74, 6) is 1.27. The Morgan fingerprint density at radius 1 is 1.25 bits per heavy atom. The maximum atomic E-state index is 12.7. The van der Waals surface area contributed by atoms with Crippen LogP contribution in [0.1, 0.15) is 29.6 Å². The molecule has 0 unspecified atom stereocenters. The molecule has 0 radical (unpaired) electrons. The lowest BCUT2D eigenvalue weighted by atomic mass is 9.91. The van der Waals surface area contributed by atoms with Gasteiger partial charge < -0.3 is 14.4 Å². The number of benzene rings is 1. The second-order valence-corrected chi connectivity index (χ2v) is 6.38. The second kappa shape index (κ2) is 7.71. The van der Waals surface area contributed by atoms with Gasteiger partial charge in [-0.3, -0.25) is 9.69 Å². The van der Waals surface area contributed by atoms with Gasteiger partial charge in [-0.15, -0.1) is 0 Å². The van der Waals surface area contributed by atoms with E-state index in [1.807, 2.05) is 11.0 Å². The fourth-order valence-corrected chi connectivity index (χ4v) is 3.29. The Bertz CT molecular complexity index is 590. The van der Waals surface area contributed by atoms with Gasteiger partial charge in [-0.2, -0.15) is 0 Å². The molecule has 1 saturated heterocycles. The topological polar surface area (TPSA) is 42.0 Å². The first-order chi connectivity index (χ1) is 11.7. The van der Waals surface area contributed by atoms with Gasteiger partial charge in [-0.1, -0.05) is 19.1 Å². The first-order valence-corrected chi connectivity index (χ1v) is 8.68. The summed E-state index contributed by atoms with van der Waals surface area (Å²) < 4.78 is 10.9. The Balaban J connectivity index is 1.63. The molecule has 5 nitrogen and oxygen atoms in total. The third-order valence-corrected chi connectivity index (χ3v) is 4.96. The van der Waals surface area contributed by atoms with E-state index in [2.05, 4.69) is 11.5 Å². The molecule has 1 heterocycles. The maximum absolute atomic E-state index is 12.7. The molecule has 130 valence electrons. The van der Waals surface area contributed by atoms with Gasteiger partial charge in [-0.05, 0) is 31.0 Å². The van der Waals surface area contributed by atoms with E-state index in [1.54, 1.807) is 25.3 Å². The van der Waals surface area contributed by atoms with Crippen LogP contribution in [0, 0.1) is 0 Å². The SMILES string of the molecule is C=CCOc1ccc(C(=O)N2CCN(C3CCC3)CC2)cc1OC. The highest BCUT2D eigenvalue weighted by atomic mass is 16.5. The molecule has 2 aliphatic rings. The molecule has 0 atom stereocenters. The summed E-state index contributed by atoms with van der Waals surface area (Å²) in [7, 11) is 1.59. The maximum Gasteiger partial charge on any atom is 0.254 e. The summed E-state index contributed by atoms with van der Waals surface area (Å²) in [6.45, 7) is 7.60. The van der Waals surface area contributed by atoms with Crippen molar-refractivity contribution in [3.05, 3.63) is 36.4 Å². The van der Waals surface area contributed by atoms with Crippen LogP contribution in [0.4, 0.5) is 0 Å². The minimum absolute atomic E-state index is 0.0665. The minimum Gasteiger partial charge on any atom is -0.493 e. The number of ether oxygens (including phenoxy) is 2. The Morgan fingerprint density at radius 3 is 2.58 bits per heavy atom. The molecule has 1 amide bonds. The zero-order valence-corrected chi connectivity index (χ0v) is 14.4. The summed E-state index contributed by atoms with van der Waals surface area (Å²) in [5.41, 5.74) is 0.648. The third-order valence-electron chi connectivity index (χ3n) is 4.96. The first kappa shape index (κ1) is 16.8. The number of hydrogen-bond acceptors (Lipinski definition) is 4. The minimum atomic E-state index is 0.0665. The molecule has 0 bridgehead atoms. The zero-order chi connectivity index (χ0) is 16.9. The van der Waals surface area contributed by atoms with Crippen molar-refractivity contribution >= 4 is 5.91 Å². The van der Waals surface area contributed by atoms with Gasteiger partial charge in [0.15, 0.2) is 11.5 Å². The summed E-state index contributed by atoms with van der Waals surface area (Å²) in [6.07, 6.45) is 5.67. The highest BCUT2D eigenvalue weighted by Gasteiger charge is 2.29. The molecule has 3 rings (SSSR count). The average molecular weight is 330 g/mol. The number of rotatable bonds is 6. The first-order valence-electron chi connectivity index (χ1n) is 8.68. The lowest BCUT2D eigenvalue weighted by Crippen LogP contribution is -2.53. The number of nitrogens with zero attached hydrogens (tertiary/aromatic N) is 2. The van der Waals surface area contributed by atoms with Gasteiger partial charge in [0.1, 0.15) is 6.61 Å². The van der Waals surface area contributed by atoms with Crippen LogP contribution in [0.15, 0.2) is 30.9 Å². The third kappa shape index (κ3) is 3.56. The number of piperazine rings is 1. The predicted molar refractivity (Wildman–Crippen MR) is 93.8 cm³/mol. The van der Waals surface area contributed by atoms with E-state index >= 15 is 0 Å². The largest absolute Gasteiger partial charge is 0.493 e. The van der Waals surface area contributed by atoms with E-state index in [0.717, 1.165) is 32.2 Å². The van der Waals surface area contributed by atoms with Crippen LogP contribution in [0.25, 0.3) is 0 Å². The van der Waals surface area contributed by atoms with Crippen LogP contribution in [-0.2, 0) is 0 Å². The lowest BCUT2D eigenvalue weighted by Gasteiger charge is -2.42. The molecular weight excluding hydrogens is 304 g/mol. The number of methoxy groups -OCH3 is 1. The molecule has 5 heteroatoms. The van der Waals surface area contributed by atoms with Gasteiger partial charge in [-0.25, -0.2) is 0 Å². The summed E-state index contributed by atoms with van der Waals surface area (Å²) in [4.78, 5) is 17.2. The fraction of sp³-hybridized carbons (Fsp3) is 0.526. The van der Waals surface area contributed by atoms with Crippen molar-refractivity contribution in [3.63, 3.8) is 0 Å². The molecule has 1 saturated carbocycles. The molecule has 1 aromatic rings.